The molecule has 0 atom stereocenters. The molecule has 0 saturated carbocycles. The fourth-order valence-electron chi connectivity index (χ4n) is 2.81. The Kier molecular flexibility index (Phi) is 2.13. The molecule has 2 N–H and O–H groups in total. The Balaban J connectivity index is 2.16. The van der Waals surface area contributed by atoms with E-state index in [1.54, 1.807) is 0 Å². The van der Waals surface area contributed by atoms with E-state index >= 15 is 0 Å². The third-order valence-electron chi connectivity index (χ3n) is 3.64. The Morgan fingerprint density at radius 2 is 2.22 bits per heavy atom. The zero-order valence-corrected chi connectivity index (χ0v) is 10.5. The molecule has 0 radical (unpaired) electrons. The van der Waals surface area contributed by atoms with Crippen LogP contribution >= 0.6 is 11.6 Å². The van der Waals surface area contributed by atoms with Crippen molar-refractivity contribution in [2.24, 2.45) is 0 Å². The van der Waals surface area contributed by atoms with Crippen molar-refractivity contribution in [2.75, 3.05) is 6.54 Å². The largest absolute Gasteiger partial charge is 0.357 e. The standard InChI is InChI=1S/C14H12ClN3/c15-8-1-2-9-12(5-8)17-7-13-14(9)10-6-16-4-3-11(10)18-13/h1-2,5,7,16,18H,3-4,6H2. The Morgan fingerprint density at radius 1 is 1.28 bits per heavy atom. The smallest absolute Gasteiger partial charge is 0.0724 e. The molecule has 3 nitrogen and oxygen atoms in total. The Labute approximate surface area is 109 Å². The molecule has 1 aromatic carbocycles. The van der Waals surface area contributed by atoms with Gasteiger partial charge in [-0.1, -0.05) is 17.7 Å². The van der Waals surface area contributed by atoms with Crippen molar-refractivity contribution in [2.45, 2.75) is 13.0 Å². The zero-order chi connectivity index (χ0) is 12.1. The molecule has 0 unspecified atom stereocenters. The van der Waals surface area contributed by atoms with Crippen molar-refractivity contribution in [3.8, 4) is 0 Å². The third-order valence-corrected chi connectivity index (χ3v) is 3.87. The molecule has 4 rings (SSSR count). The summed E-state index contributed by atoms with van der Waals surface area (Å²) in [6, 6.07) is 5.92. The molecule has 3 aromatic rings. The average Bonchev–Trinajstić information content (AvgIpc) is 2.77. The lowest BCUT2D eigenvalue weighted by Crippen LogP contribution is -2.22. The summed E-state index contributed by atoms with van der Waals surface area (Å²) in [4.78, 5) is 7.96. The van der Waals surface area contributed by atoms with Crippen molar-refractivity contribution in [1.29, 1.82) is 0 Å². The van der Waals surface area contributed by atoms with Gasteiger partial charge in [0.05, 0.1) is 17.2 Å². The van der Waals surface area contributed by atoms with Crippen LogP contribution in [-0.2, 0) is 13.0 Å². The number of nitrogens with one attached hydrogen (secondary N) is 2. The number of hydrogen-bond donors (Lipinski definition) is 2. The molecular formula is C14H12ClN3. The molecule has 0 spiro atoms. The maximum absolute atomic E-state index is 6.03. The van der Waals surface area contributed by atoms with E-state index in [4.69, 9.17) is 11.6 Å². The molecule has 0 amide bonds. The highest BCUT2D eigenvalue weighted by Crippen LogP contribution is 2.31. The van der Waals surface area contributed by atoms with Crippen LogP contribution in [-0.4, -0.2) is 16.5 Å². The van der Waals surface area contributed by atoms with Gasteiger partial charge in [0, 0.05) is 41.0 Å². The first-order valence-electron chi connectivity index (χ1n) is 6.11. The van der Waals surface area contributed by atoms with E-state index in [-0.39, 0.29) is 0 Å². The Morgan fingerprint density at radius 3 is 3.17 bits per heavy atom. The van der Waals surface area contributed by atoms with Gasteiger partial charge in [-0.25, -0.2) is 0 Å². The lowest BCUT2D eigenvalue weighted by molar-refractivity contribution is 0.641. The highest BCUT2D eigenvalue weighted by atomic mass is 35.5. The van der Waals surface area contributed by atoms with Crippen LogP contribution in [0.2, 0.25) is 5.02 Å². The monoisotopic (exact) mass is 257 g/mol. The first kappa shape index (κ1) is 10.4. The van der Waals surface area contributed by atoms with Gasteiger partial charge in [0.2, 0.25) is 0 Å². The topological polar surface area (TPSA) is 40.7 Å². The number of pyridine rings is 1. The quantitative estimate of drug-likeness (QED) is 0.650. The van der Waals surface area contributed by atoms with E-state index in [1.807, 2.05) is 18.3 Å². The number of fused-ring (bicyclic) bond motifs is 5. The molecule has 0 aliphatic carbocycles. The summed E-state index contributed by atoms with van der Waals surface area (Å²) < 4.78 is 0. The molecule has 90 valence electrons. The van der Waals surface area contributed by atoms with Crippen LogP contribution in [0.1, 0.15) is 11.3 Å². The summed E-state index contributed by atoms with van der Waals surface area (Å²) in [6.07, 6.45) is 2.96. The van der Waals surface area contributed by atoms with Crippen LogP contribution in [0.25, 0.3) is 21.8 Å². The first-order valence-corrected chi connectivity index (χ1v) is 6.49. The fraction of sp³-hybridized carbons (Fsp3) is 0.214. The second kappa shape index (κ2) is 3.70. The van der Waals surface area contributed by atoms with Gasteiger partial charge in [0.15, 0.2) is 0 Å². The Hall–Kier alpha value is -1.58. The lowest BCUT2D eigenvalue weighted by atomic mass is 10.0. The SMILES string of the molecule is Clc1ccc2c(c1)ncc1[nH]c3c(c12)CNCC3. The predicted molar refractivity (Wildman–Crippen MR) is 74.0 cm³/mol. The molecule has 18 heavy (non-hydrogen) atoms. The molecule has 0 bridgehead atoms. The van der Waals surface area contributed by atoms with Crippen molar-refractivity contribution in [1.82, 2.24) is 15.3 Å². The Bertz CT molecular complexity index is 760. The van der Waals surface area contributed by atoms with E-state index in [1.165, 1.54) is 22.0 Å². The highest BCUT2D eigenvalue weighted by Gasteiger charge is 2.17. The maximum atomic E-state index is 6.03. The van der Waals surface area contributed by atoms with Crippen molar-refractivity contribution in [3.05, 3.63) is 40.7 Å². The number of aromatic nitrogens is 2. The van der Waals surface area contributed by atoms with Crippen molar-refractivity contribution in [3.63, 3.8) is 0 Å². The van der Waals surface area contributed by atoms with Crippen LogP contribution in [0, 0.1) is 0 Å². The number of rotatable bonds is 0. The zero-order valence-electron chi connectivity index (χ0n) is 9.76. The van der Waals surface area contributed by atoms with E-state index in [2.05, 4.69) is 21.4 Å². The number of aromatic amines is 1. The molecular weight excluding hydrogens is 246 g/mol. The van der Waals surface area contributed by atoms with Gasteiger partial charge in [0.1, 0.15) is 0 Å². The van der Waals surface area contributed by atoms with Gasteiger partial charge in [0.25, 0.3) is 0 Å². The number of nitrogens with zero attached hydrogens (tertiary/aromatic N) is 1. The third kappa shape index (κ3) is 1.38. The average molecular weight is 258 g/mol. The molecule has 4 heteroatoms. The number of halogens is 1. The normalized spacial score (nSPS) is 15.2. The molecule has 1 aliphatic heterocycles. The van der Waals surface area contributed by atoms with Crippen LogP contribution in [0.4, 0.5) is 0 Å². The maximum Gasteiger partial charge on any atom is 0.0724 e. The van der Waals surface area contributed by atoms with Crippen LogP contribution in [0.15, 0.2) is 24.4 Å². The first-order chi connectivity index (χ1) is 8.83. The van der Waals surface area contributed by atoms with Gasteiger partial charge >= 0.3 is 0 Å². The van der Waals surface area contributed by atoms with Gasteiger partial charge < -0.3 is 10.3 Å². The fourth-order valence-corrected chi connectivity index (χ4v) is 2.98. The van der Waals surface area contributed by atoms with Crippen molar-refractivity contribution >= 4 is 33.4 Å². The second-order valence-electron chi connectivity index (χ2n) is 4.72. The van der Waals surface area contributed by atoms with E-state index < -0.39 is 0 Å². The molecule has 0 saturated heterocycles. The minimum Gasteiger partial charge on any atom is -0.357 e. The number of H-pyrrole nitrogens is 1. The minimum absolute atomic E-state index is 0.733. The summed E-state index contributed by atoms with van der Waals surface area (Å²) in [5.74, 6) is 0. The summed E-state index contributed by atoms with van der Waals surface area (Å²) in [6.45, 7) is 1.97. The second-order valence-corrected chi connectivity index (χ2v) is 5.15. The van der Waals surface area contributed by atoms with Gasteiger partial charge in [-0.2, -0.15) is 0 Å². The minimum atomic E-state index is 0.733. The summed E-state index contributed by atoms with van der Waals surface area (Å²) in [5.41, 5.74) is 4.81. The summed E-state index contributed by atoms with van der Waals surface area (Å²) in [7, 11) is 0. The molecule has 3 heterocycles. The van der Waals surface area contributed by atoms with Gasteiger partial charge in [-0.15, -0.1) is 0 Å². The molecule has 2 aromatic heterocycles. The van der Waals surface area contributed by atoms with E-state index in [0.717, 1.165) is 35.6 Å². The van der Waals surface area contributed by atoms with Crippen LogP contribution in [0.5, 0.6) is 0 Å². The van der Waals surface area contributed by atoms with Crippen LogP contribution < -0.4 is 5.32 Å². The molecule has 0 fully saturated rings. The van der Waals surface area contributed by atoms with Crippen molar-refractivity contribution < 1.29 is 0 Å². The number of hydrogen-bond acceptors (Lipinski definition) is 2. The van der Waals surface area contributed by atoms with E-state index in [0.29, 0.717) is 0 Å². The predicted octanol–water partition coefficient (Wildman–Crippen LogP) is 3.02. The summed E-state index contributed by atoms with van der Waals surface area (Å²) >= 11 is 6.03. The van der Waals surface area contributed by atoms with Gasteiger partial charge in [-0.3, -0.25) is 4.98 Å². The van der Waals surface area contributed by atoms with Gasteiger partial charge in [-0.05, 0) is 17.7 Å². The lowest BCUT2D eigenvalue weighted by Gasteiger charge is -2.13. The molecule has 1 aliphatic rings. The highest BCUT2D eigenvalue weighted by molar-refractivity contribution is 6.31. The van der Waals surface area contributed by atoms with Crippen LogP contribution in [0.3, 0.4) is 0 Å². The van der Waals surface area contributed by atoms with E-state index in [9.17, 15) is 0 Å². The number of benzene rings is 1. The summed E-state index contributed by atoms with van der Waals surface area (Å²) in [5, 5.41) is 6.63.